The number of ketones is 1. The molecule has 1 aliphatic heterocycles. The van der Waals surface area contributed by atoms with Gasteiger partial charge in [0.15, 0.2) is 11.5 Å². The number of nitrogens with zero attached hydrogens (tertiary/aromatic N) is 2. The second-order valence-corrected chi connectivity index (χ2v) is 8.10. The van der Waals surface area contributed by atoms with E-state index < -0.39 is 29.5 Å². The number of carboxylic acids is 1. The number of aliphatic hydroxyl groups is 1. The highest BCUT2D eigenvalue weighted by Gasteiger charge is 2.46. The van der Waals surface area contributed by atoms with Gasteiger partial charge in [-0.2, -0.15) is 0 Å². The zero-order valence-corrected chi connectivity index (χ0v) is 18.8. The summed E-state index contributed by atoms with van der Waals surface area (Å²) in [6.45, 7) is 3.95. The van der Waals surface area contributed by atoms with Crippen LogP contribution in [0.3, 0.4) is 0 Å². The van der Waals surface area contributed by atoms with Crippen molar-refractivity contribution in [1.82, 2.24) is 5.16 Å². The van der Waals surface area contributed by atoms with Crippen molar-refractivity contribution in [2.75, 3.05) is 4.90 Å². The van der Waals surface area contributed by atoms with Gasteiger partial charge in [-0.15, -0.1) is 0 Å². The molecule has 1 aliphatic rings. The van der Waals surface area contributed by atoms with Gasteiger partial charge in [-0.05, 0) is 30.2 Å². The third-order valence-electron chi connectivity index (χ3n) is 6.26. The van der Waals surface area contributed by atoms with Crippen LogP contribution in [-0.2, 0) is 4.79 Å². The summed E-state index contributed by atoms with van der Waals surface area (Å²) in [6, 6.07) is 13.6. The summed E-state index contributed by atoms with van der Waals surface area (Å²) >= 11 is 0. The summed E-state index contributed by atoms with van der Waals surface area (Å²) in [5, 5.41) is 23.9. The summed E-state index contributed by atoms with van der Waals surface area (Å²) in [7, 11) is 0. The Morgan fingerprint density at radius 1 is 1.00 bits per heavy atom. The van der Waals surface area contributed by atoms with E-state index in [1.54, 1.807) is 30.3 Å². The van der Waals surface area contributed by atoms with Gasteiger partial charge in [0.2, 0.25) is 0 Å². The molecule has 8 nitrogen and oxygen atoms in total. The molecule has 0 fully saturated rings. The fraction of sp³-hybridized carbons (Fsp3) is 0.231. The standard InChI is InChI=1S/C26H24N2O6/c1-3-15(4-2)22-21(23(29)17-5-7-18(8-6-17)26(32)33)24(30)25(31)28(22)19-11-9-16(10-12-19)20-13-14-34-27-20/h5-15,22,30H,3-4H2,1-2H3,(H,32,33). The second kappa shape index (κ2) is 9.35. The lowest BCUT2D eigenvalue weighted by Crippen LogP contribution is -2.42. The number of Topliss-reactive ketones (excluding diaryl/α,β-unsaturated/α-hetero) is 1. The molecule has 3 aromatic rings. The molecule has 8 heteroatoms. The van der Waals surface area contributed by atoms with Gasteiger partial charge in [-0.25, -0.2) is 4.79 Å². The Balaban J connectivity index is 1.74. The Morgan fingerprint density at radius 2 is 1.62 bits per heavy atom. The van der Waals surface area contributed by atoms with Crippen molar-refractivity contribution in [2.45, 2.75) is 32.7 Å². The van der Waals surface area contributed by atoms with Crippen molar-refractivity contribution in [3.05, 3.63) is 83.3 Å². The molecule has 2 heterocycles. The molecule has 2 aromatic carbocycles. The SMILES string of the molecule is CCC(CC)C1C(C(=O)c2ccc(C(=O)O)cc2)=C(O)C(=O)N1c1ccc(-c2ccon2)cc1. The van der Waals surface area contributed by atoms with E-state index in [-0.39, 0.29) is 22.6 Å². The monoisotopic (exact) mass is 460 g/mol. The Kier molecular flexibility index (Phi) is 6.32. The highest BCUT2D eigenvalue weighted by Crippen LogP contribution is 2.38. The Hall–Kier alpha value is -4.20. The number of hydrogen-bond acceptors (Lipinski definition) is 6. The third kappa shape index (κ3) is 3.98. The van der Waals surface area contributed by atoms with Gasteiger partial charge in [0.05, 0.1) is 17.2 Å². The van der Waals surface area contributed by atoms with Crippen LogP contribution < -0.4 is 4.90 Å². The Bertz CT molecular complexity index is 1240. The van der Waals surface area contributed by atoms with Gasteiger partial charge in [0, 0.05) is 22.9 Å². The number of amides is 1. The number of hydrogen-bond donors (Lipinski definition) is 2. The van der Waals surface area contributed by atoms with Gasteiger partial charge < -0.3 is 14.7 Å². The summed E-state index contributed by atoms with van der Waals surface area (Å²) in [5.74, 6) is -2.91. The molecule has 34 heavy (non-hydrogen) atoms. The average molecular weight is 460 g/mol. The molecule has 0 aliphatic carbocycles. The first-order chi connectivity index (χ1) is 16.4. The van der Waals surface area contributed by atoms with Crippen molar-refractivity contribution >= 4 is 23.3 Å². The first kappa shape index (κ1) is 23.0. The lowest BCUT2D eigenvalue weighted by molar-refractivity contribution is -0.117. The number of carboxylic acid groups (broad SMARTS) is 1. The van der Waals surface area contributed by atoms with Crippen LogP contribution in [0, 0.1) is 5.92 Å². The fourth-order valence-corrected chi connectivity index (χ4v) is 4.40. The van der Waals surface area contributed by atoms with Crippen molar-refractivity contribution in [3.63, 3.8) is 0 Å². The summed E-state index contributed by atoms with van der Waals surface area (Å²) in [4.78, 5) is 39.3. The summed E-state index contributed by atoms with van der Waals surface area (Å²) < 4.78 is 4.89. The van der Waals surface area contributed by atoms with E-state index in [4.69, 9.17) is 9.63 Å². The second-order valence-electron chi connectivity index (χ2n) is 8.10. The van der Waals surface area contributed by atoms with Gasteiger partial charge in [0.25, 0.3) is 5.91 Å². The minimum Gasteiger partial charge on any atom is -0.503 e. The Morgan fingerprint density at radius 3 is 2.15 bits per heavy atom. The molecule has 0 saturated carbocycles. The predicted molar refractivity (Wildman–Crippen MR) is 125 cm³/mol. The molecule has 1 unspecified atom stereocenters. The number of carbonyl (C=O) groups is 3. The zero-order chi connectivity index (χ0) is 24.4. The third-order valence-corrected chi connectivity index (χ3v) is 6.26. The first-order valence-electron chi connectivity index (χ1n) is 11.0. The molecule has 174 valence electrons. The molecular weight excluding hydrogens is 436 g/mol. The van der Waals surface area contributed by atoms with Crippen LogP contribution in [0.2, 0.25) is 0 Å². The summed E-state index contributed by atoms with van der Waals surface area (Å²) in [5.41, 5.74) is 2.28. The van der Waals surface area contributed by atoms with Gasteiger partial charge >= 0.3 is 5.97 Å². The molecule has 0 saturated heterocycles. The lowest BCUT2D eigenvalue weighted by atomic mass is 9.85. The minimum absolute atomic E-state index is 0.0300. The van der Waals surface area contributed by atoms with E-state index in [0.717, 1.165) is 5.56 Å². The largest absolute Gasteiger partial charge is 0.503 e. The van der Waals surface area contributed by atoms with E-state index in [0.29, 0.717) is 24.2 Å². The van der Waals surface area contributed by atoms with E-state index >= 15 is 0 Å². The number of anilines is 1. The summed E-state index contributed by atoms with van der Waals surface area (Å²) in [6.07, 6.45) is 2.84. The number of carbonyl (C=O) groups excluding carboxylic acids is 2. The number of aromatic carboxylic acids is 1. The Labute approximate surface area is 196 Å². The van der Waals surface area contributed by atoms with Gasteiger partial charge in [-0.3, -0.25) is 14.5 Å². The molecule has 0 spiro atoms. The molecule has 1 amide bonds. The van der Waals surface area contributed by atoms with E-state index in [2.05, 4.69) is 5.16 Å². The van der Waals surface area contributed by atoms with Crippen molar-refractivity contribution in [2.24, 2.45) is 5.92 Å². The van der Waals surface area contributed by atoms with Gasteiger partial charge in [0.1, 0.15) is 12.0 Å². The molecule has 2 N–H and O–H groups in total. The highest BCUT2D eigenvalue weighted by molar-refractivity contribution is 6.21. The van der Waals surface area contributed by atoms with Crippen LogP contribution in [-0.4, -0.2) is 39.1 Å². The number of aromatic nitrogens is 1. The van der Waals surface area contributed by atoms with Gasteiger partial charge in [-0.1, -0.05) is 56.1 Å². The maximum Gasteiger partial charge on any atom is 0.335 e. The maximum absolute atomic E-state index is 13.5. The maximum atomic E-state index is 13.5. The molecule has 4 rings (SSSR count). The number of rotatable bonds is 8. The highest BCUT2D eigenvalue weighted by atomic mass is 16.5. The number of benzene rings is 2. The first-order valence-corrected chi connectivity index (χ1v) is 11.0. The number of aliphatic hydroxyl groups excluding tert-OH is 1. The van der Waals surface area contributed by atoms with Crippen molar-refractivity contribution < 1.29 is 29.1 Å². The van der Waals surface area contributed by atoms with Crippen molar-refractivity contribution in [1.29, 1.82) is 0 Å². The van der Waals surface area contributed by atoms with Crippen LogP contribution in [0.4, 0.5) is 5.69 Å². The topological polar surface area (TPSA) is 121 Å². The molecule has 1 atom stereocenters. The minimum atomic E-state index is -1.10. The van der Waals surface area contributed by atoms with E-state index in [1.165, 1.54) is 35.4 Å². The van der Waals surface area contributed by atoms with E-state index in [9.17, 15) is 19.5 Å². The normalized spacial score (nSPS) is 15.9. The molecule has 0 radical (unpaired) electrons. The smallest absolute Gasteiger partial charge is 0.335 e. The van der Waals surface area contributed by atoms with Crippen LogP contribution in [0.25, 0.3) is 11.3 Å². The van der Waals surface area contributed by atoms with Crippen LogP contribution in [0.1, 0.15) is 47.4 Å². The average Bonchev–Trinajstić information content (AvgIpc) is 3.47. The zero-order valence-electron chi connectivity index (χ0n) is 18.8. The van der Waals surface area contributed by atoms with Crippen LogP contribution in [0.5, 0.6) is 0 Å². The van der Waals surface area contributed by atoms with Crippen molar-refractivity contribution in [3.8, 4) is 11.3 Å². The predicted octanol–water partition coefficient (Wildman–Crippen LogP) is 4.89. The molecule has 0 bridgehead atoms. The van der Waals surface area contributed by atoms with Crippen LogP contribution in [0.15, 0.2) is 76.7 Å². The fourth-order valence-electron chi connectivity index (χ4n) is 4.40. The molecular formula is C26H24N2O6. The lowest BCUT2D eigenvalue weighted by Gasteiger charge is -2.32. The quantitative estimate of drug-likeness (QED) is 0.459. The van der Waals surface area contributed by atoms with E-state index in [1.807, 2.05) is 13.8 Å². The molecule has 1 aromatic heterocycles. The van der Waals surface area contributed by atoms with Crippen LogP contribution >= 0.6 is 0 Å².